The van der Waals surface area contributed by atoms with Crippen molar-refractivity contribution >= 4 is 22.7 Å². The van der Waals surface area contributed by atoms with Crippen molar-refractivity contribution in [3.05, 3.63) is 53.2 Å². The maximum atomic E-state index is 13.2. The normalized spacial score (nSPS) is 13.9. The number of aromatic nitrogens is 5. The molecule has 0 unspecified atom stereocenters. The highest BCUT2D eigenvalue weighted by Gasteiger charge is 2.24. The van der Waals surface area contributed by atoms with Gasteiger partial charge in [0.2, 0.25) is 0 Å². The zero-order valence-electron chi connectivity index (χ0n) is 19.7. The third kappa shape index (κ3) is 4.40. The van der Waals surface area contributed by atoms with Gasteiger partial charge in [0.25, 0.3) is 0 Å². The fraction of sp³-hybridized carbons (Fsp3) is 0.320. The quantitative estimate of drug-likeness (QED) is 0.423. The summed E-state index contributed by atoms with van der Waals surface area (Å²) in [4.78, 5) is 17.9. The molecule has 0 spiro atoms. The van der Waals surface area contributed by atoms with Gasteiger partial charge in [0.15, 0.2) is 12.3 Å². The number of fused-ring (bicyclic) bond motifs is 1. The van der Waals surface area contributed by atoms with Gasteiger partial charge in [0.05, 0.1) is 17.8 Å². The number of hydrogen-bond acceptors (Lipinski definition) is 8. The molecule has 4 aromatic rings. The molecule has 11 nitrogen and oxygen atoms in total. The van der Waals surface area contributed by atoms with Crippen LogP contribution in [0.2, 0.25) is 0 Å². The number of benzene rings is 1. The molecule has 3 aromatic heterocycles. The highest BCUT2D eigenvalue weighted by molar-refractivity contribution is 5.77. The smallest absolute Gasteiger partial charge is 0.331 e. The van der Waals surface area contributed by atoms with Crippen molar-refractivity contribution in [1.29, 1.82) is 10.5 Å². The molecule has 1 fully saturated rings. The Kier molecular flexibility index (Phi) is 6.39. The highest BCUT2D eigenvalue weighted by Crippen LogP contribution is 2.33. The van der Waals surface area contributed by atoms with Crippen molar-refractivity contribution in [2.24, 2.45) is 7.05 Å². The van der Waals surface area contributed by atoms with E-state index in [2.05, 4.69) is 16.5 Å². The molecule has 1 aliphatic rings. The van der Waals surface area contributed by atoms with Crippen LogP contribution in [0.4, 0.5) is 11.5 Å². The van der Waals surface area contributed by atoms with E-state index in [9.17, 15) is 10.1 Å². The summed E-state index contributed by atoms with van der Waals surface area (Å²) in [5, 5.41) is 25.8. The van der Waals surface area contributed by atoms with Crippen molar-refractivity contribution in [3.63, 3.8) is 0 Å². The first-order chi connectivity index (χ1) is 17.6. The van der Waals surface area contributed by atoms with E-state index < -0.39 is 0 Å². The monoisotopic (exact) mass is 484 g/mol. The summed E-state index contributed by atoms with van der Waals surface area (Å²) in [5.41, 5.74) is 3.30. The lowest BCUT2D eigenvalue weighted by molar-refractivity contribution is 0.0695. The fourth-order valence-corrected chi connectivity index (χ4v) is 4.49. The van der Waals surface area contributed by atoms with E-state index in [1.165, 1.54) is 4.57 Å². The SMILES string of the molecule is Cn1cc(-c2ccc(Nc3ccc4c(n3)n(C3CCOCC3)c(=O)n4CC#N)cc2OCC#N)cn1. The van der Waals surface area contributed by atoms with Crippen LogP contribution in [0.15, 0.2) is 47.5 Å². The van der Waals surface area contributed by atoms with E-state index in [0.717, 1.165) is 11.1 Å². The van der Waals surface area contributed by atoms with Gasteiger partial charge in [0, 0.05) is 55.4 Å². The number of imidazole rings is 1. The largest absolute Gasteiger partial charge is 0.478 e. The third-order valence-corrected chi connectivity index (χ3v) is 6.16. The van der Waals surface area contributed by atoms with Crippen LogP contribution in [-0.2, 0) is 18.3 Å². The molecular weight excluding hydrogens is 460 g/mol. The van der Waals surface area contributed by atoms with Crippen LogP contribution in [0.1, 0.15) is 18.9 Å². The highest BCUT2D eigenvalue weighted by atomic mass is 16.5. The van der Waals surface area contributed by atoms with E-state index >= 15 is 0 Å². The average molecular weight is 485 g/mol. The van der Waals surface area contributed by atoms with Gasteiger partial charge < -0.3 is 14.8 Å². The van der Waals surface area contributed by atoms with Crippen molar-refractivity contribution < 1.29 is 9.47 Å². The molecular formula is C25H24N8O3. The van der Waals surface area contributed by atoms with E-state index in [-0.39, 0.29) is 24.9 Å². The lowest BCUT2D eigenvalue weighted by Gasteiger charge is -2.23. The van der Waals surface area contributed by atoms with Crippen LogP contribution in [0.3, 0.4) is 0 Å². The van der Waals surface area contributed by atoms with Crippen molar-refractivity contribution in [1.82, 2.24) is 23.9 Å². The molecule has 0 saturated carbocycles. The Morgan fingerprint density at radius 1 is 1.19 bits per heavy atom. The Balaban J connectivity index is 1.52. The van der Waals surface area contributed by atoms with Crippen molar-refractivity contribution in [2.75, 3.05) is 25.1 Å². The predicted molar refractivity (Wildman–Crippen MR) is 132 cm³/mol. The number of pyridine rings is 1. The van der Waals surface area contributed by atoms with E-state index in [1.54, 1.807) is 33.6 Å². The van der Waals surface area contributed by atoms with E-state index in [4.69, 9.17) is 19.7 Å². The number of rotatable bonds is 7. The molecule has 11 heteroatoms. The molecule has 5 rings (SSSR count). The summed E-state index contributed by atoms with van der Waals surface area (Å²) >= 11 is 0. The maximum absolute atomic E-state index is 13.2. The number of aryl methyl sites for hydroxylation is 1. The van der Waals surface area contributed by atoms with Gasteiger partial charge in [-0.25, -0.2) is 9.78 Å². The lowest BCUT2D eigenvalue weighted by Crippen LogP contribution is -2.30. The summed E-state index contributed by atoms with van der Waals surface area (Å²) < 4.78 is 16.0. The summed E-state index contributed by atoms with van der Waals surface area (Å²) in [7, 11) is 1.83. The standard InChI is InChI=1S/C25H24N8O3/c1-31-16-17(15-28-31)20-3-2-18(14-22(20)36-13-9-27)29-23-5-4-21-24(30-23)33(19-6-11-35-12-7-19)25(34)32(21)10-8-26/h2-5,14-16,19H,6-7,10-13H2,1H3,(H,29,30). The van der Waals surface area contributed by atoms with Gasteiger partial charge in [-0.15, -0.1) is 0 Å². The van der Waals surface area contributed by atoms with E-state index in [0.29, 0.717) is 54.5 Å². The van der Waals surface area contributed by atoms with Gasteiger partial charge >= 0.3 is 5.69 Å². The van der Waals surface area contributed by atoms with Crippen LogP contribution in [-0.4, -0.2) is 43.7 Å². The Bertz CT molecular complexity index is 1550. The first-order valence-electron chi connectivity index (χ1n) is 11.6. The Morgan fingerprint density at radius 2 is 2.03 bits per heavy atom. The molecule has 4 heterocycles. The second-order valence-corrected chi connectivity index (χ2v) is 8.47. The molecule has 0 amide bonds. The minimum Gasteiger partial charge on any atom is -0.478 e. The Labute approximate surface area is 206 Å². The van der Waals surface area contributed by atoms with Gasteiger partial charge in [-0.1, -0.05) is 0 Å². The number of nitrogens with zero attached hydrogens (tertiary/aromatic N) is 7. The zero-order chi connectivity index (χ0) is 25.1. The molecule has 0 bridgehead atoms. The first kappa shape index (κ1) is 23.1. The number of anilines is 2. The topological polar surface area (TPSA) is 136 Å². The van der Waals surface area contributed by atoms with Gasteiger partial charge in [-0.3, -0.25) is 13.8 Å². The molecule has 1 aromatic carbocycles. The van der Waals surface area contributed by atoms with E-state index in [1.807, 2.05) is 31.4 Å². The molecule has 0 radical (unpaired) electrons. The molecule has 0 atom stereocenters. The van der Waals surface area contributed by atoms with Gasteiger partial charge in [-0.2, -0.15) is 15.6 Å². The minimum absolute atomic E-state index is 0.0406. The first-order valence-corrected chi connectivity index (χ1v) is 11.6. The minimum atomic E-state index is -0.240. The summed E-state index contributed by atoms with van der Waals surface area (Å²) in [5.74, 6) is 1.08. The molecule has 182 valence electrons. The molecule has 1 N–H and O–H groups in total. The fourth-order valence-electron chi connectivity index (χ4n) is 4.49. The lowest BCUT2D eigenvalue weighted by atomic mass is 10.1. The predicted octanol–water partition coefficient (Wildman–Crippen LogP) is 3.12. The van der Waals surface area contributed by atoms with Crippen molar-refractivity contribution in [2.45, 2.75) is 25.4 Å². The summed E-state index contributed by atoms with van der Waals surface area (Å²) in [6.45, 7) is 1.02. The maximum Gasteiger partial charge on any atom is 0.331 e. The molecule has 1 saturated heterocycles. The summed E-state index contributed by atoms with van der Waals surface area (Å²) in [6.07, 6.45) is 5.03. The van der Waals surface area contributed by atoms with Crippen LogP contribution in [0.5, 0.6) is 5.75 Å². The van der Waals surface area contributed by atoms with Crippen molar-refractivity contribution in [3.8, 4) is 29.0 Å². The number of nitriles is 2. The average Bonchev–Trinajstić information content (AvgIpc) is 3.44. The zero-order valence-corrected chi connectivity index (χ0v) is 19.7. The number of hydrogen-bond donors (Lipinski definition) is 1. The molecule has 36 heavy (non-hydrogen) atoms. The second kappa shape index (κ2) is 9.94. The van der Waals surface area contributed by atoms with Gasteiger partial charge in [0.1, 0.15) is 24.2 Å². The second-order valence-electron chi connectivity index (χ2n) is 8.47. The Morgan fingerprint density at radius 3 is 2.75 bits per heavy atom. The third-order valence-electron chi connectivity index (χ3n) is 6.16. The van der Waals surface area contributed by atoms with Gasteiger partial charge in [-0.05, 0) is 37.1 Å². The van der Waals surface area contributed by atoms with Crippen LogP contribution < -0.4 is 15.7 Å². The van der Waals surface area contributed by atoms with Crippen LogP contribution in [0, 0.1) is 22.7 Å². The molecule has 1 aliphatic heterocycles. The number of ether oxygens (including phenoxy) is 2. The Hall–Kier alpha value is -4.61. The summed E-state index contributed by atoms with van der Waals surface area (Å²) in [6, 6.07) is 13.2. The van der Waals surface area contributed by atoms with Crippen LogP contribution in [0.25, 0.3) is 22.3 Å². The number of nitrogens with one attached hydrogen (secondary N) is 1. The molecule has 0 aliphatic carbocycles. The van der Waals surface area contributed by atoms with Crippen LogP contribution >= 0.6 is 0 Å².